The van der Waals surface area contributed by atoms with Crippen LogP contribution >= 0.6 is 0 Å². The van der Waals surface area contributed by atoms with E-state index in [0.717, 1.165) is 24.3 Å². The van der Waals surface area contributed by atoms with Gasteiger partial charge in [0.15, 0.2) is 27.2 Å². The third kappa shape index (κ3) is 6.28. The number of hydrogen-bond acceptors (Lipinski definition) is 5. The lowest BCUT2D eigenvalue weighted by atomic mass is 9.88. The Morgan fingerprint density at radius 2 is 1.32 bits per heavy atom. The van der Waals surface area contributed by atoms with Gasteiger partial charge in [-0.2, -0.15) is 26.3 Å². The first kappa shape index (κ1) is 37.0. The van der Waals surface area contributed by atoms with Gasteiger partial charge in [-0.15, -0.1) is 0 Å². The summed E-state index contributed by atoms with van der Waals surface area (Å²) in [4.78, 5) is 27.7. The largest absolute Gasteiger partial charge is 0.458 e. The number of nitrogens with zero attached hydrogens (tertiary/aromatic N) is 2. The van der Waals surface area contributed by atoms with Crippen LogP contribution in [0, 0.1) is 23.4 Å². The lowest BCUT2D eigenvalue weighted by molar-refractivity contribution is -0.365. The van der Waals surface area contributed by atoms with E-state index in [1.807, 2.05) is 0 Å². The summed E-state index contributed by atoms with van der Waals surface area (Å²) in [5, 5.41) is 0. The first-order valence-corrected chi connectivity index (χ1v) is 16.7. The lowest BCUT2D eigenvalue weighted by Gasteiger charge is -2.38. The smallest absolute Gasteiger partial charge is 0.442 e. The summed E-state index contributed by atoms with van der Waals surface area (Å²) in [6.07, 6.45) is -12.5. The molecule has 2 amide bonds. The van der Waals surface area contributed by atoms with E-state index in [2.05, 4.69) is 4.74 Å². The molecule has 1 atom stereocenters. The Labute approximate surface area is 280 Å². The summed E-state index contributed by atoms with van der Waals surface area (Å²) in [5.74, 6) is -7.64. The first-order chi connectivity index (χ1) is 23.2. The summed E-state index contributed by atoms with van der Waals surface area (Å²) >= 11 is 0. The molecule has 1 unspecified atom stereocenters. The molecular formula is C33H29F9N2O5S. The van der Waals surface area contributed by atoms with Crippen molar-refractivity contribution in [2.24, 2.45) is 5.92 Å². The van der Waals surface area contributed by atoms with Gasteiger partial charge in [0.05, 0.1) is 4.90 Å². The fourth-order valence-electron chi connectivity index (χ4n) is 6.52. The Morgan fingerprint density at radius 3 is 1.82 bits per heavy atom. The monoisotopic (exact) mass is 736 g/mol. The topological polar surface area (TPSA) is 84.0 Å². The maximum absolute atomic E-state index is 14.5. The third-order valence-electron chi connectivity index (χ3n) is 9.26. The minimum atomic E-state index is -6.35. The van der Waals surface area contributed by atoms with Gasteiger partial charge in [0.2, 0.25) is 11.8 Å². The Hall–Kier alpha value is -4.28. The van der Waals surface area contributed by atoms with Crippen LogP contribution in [0.25, 0.3) is 0 Å². The van der Waals surface area contributed by atoms with Crippen LogP contribution in [0.2, 0.25) is 0 Å². The van der Waals surface area contributed by atoms with Crippen molar-refractivity contribution in [3.05, 3.63) is 95.3 Å². The number of hydrogen-bond donors (Lipinski definition) is 0. The molecule has 3 aromatic rings. The standard InChI is InChI=1S/C33H29F9N2O5S/c1-20(45)43-16-13-21(14-17-43)29(46)44-18-15-30(19-44,50(47,48)25-11-9-24(34)10-12-25)22-5-7-23(8-6-22)31(32(37,38)39,33(40,41)42)49-28-26(35)3-2-4-27(28)36/h2-12,21H,13-19H2,1H3. The molecule has 0 radical (unpaired) electrons. The fraction of sp³-hybridized carbons (Fsp3) is 0.394. The lowest BCUT2D eigenvalue weighted by Crippen LogP contribution is -2.58. The van der Waals surface area contributed by atoms with Crippen LogP contribution < -0.4 is 4.74 Å². The van der Waals surface area contributed by atoms with Crippen LogP contribution in [0.3, 0.4) is 0 Å². The van der Waals surface area contributed by atoms with Crippen molar-refractivity contribution in [2.45, 2.75) is 53.8 Å². The van der Waals surface area contributed by atoms with Gasteiger partial charge in [0.25, 0.3) is 0 Å². The number of carbonyl (C=O) groups is 2. The number of benzene rings is 3. The predicted octanol–water partition coefficient (Wildman–Crippen LogP) is 6.66. The van der Waals surface area contributed by atoms with Gasteiger partial charge in [-0.3, -0.25) is 9.59 Å². The summed E-state index contributed by atoms with van der Waals surface area (Å²) < 4.78 is 160. The van der Waals surface area contributed by atoms with Gasteiger partial charge in [-0.1, -0.05) is 30.3 Å². The first-order valence-electron chi connectivity index (χ1n) is 15.2. The van der Waals surface area contributed by atoms with Crippen LogP contribution in [0.1, 0.15) is 37.3 Å². The van der Waals surface area contributed by atoms with E-state index >= 15 is 0 Å². The number of likely N-dealkylation sites (tertiary alicyclic amines) is 2. The van der Waals surface area contributed by atoms with Crippen LogP contribution in [-0.4, -0.2) is 68.6 Å². The molecule has 2 aliphatic heterocycles. The molecule has 0 aliphatic carbocycles. The minimum absolute atomic E-state index is 0.168. The van der Waals surface area contributed by atoms with Crippen molar-refractivity contribution in [3.8, 4) is 5.75 Å². The van der Waals surface area contributed by atoms with Gasteiger partial charge in [-0.05, 0) is 61.2 Å². The molecule has 0 N–H and O–H groups in total. The van der Waals surface area contributed by atoms with Crippen molar-refractivity contribution in [1.29, 1.82) is 0 Å². The fourth-order valence-corrected chi connectivity index (χ4v) is 8.60. The number of ether oxygens (including phenoxy) is 1. The molecule has 3 aromatic carbocycles. The van der Waals surface area contributed by atoms with E-state index in [-0.39, 0.29) is 50.4 Å². The second-order valence-electron chi connectivity index (χ2n) is 12.1. The molecule has 0 aromatic heterocycles. The average Bonchev–Trinajstić information content (AvgIpc) is 3.51. The molecule has 2 aliphatic rings. The Balaban J connectivity index is 1.60. The zero-order valence-electron chi connectivity index (χ0n) is 26.1. The maximum Gasteiger partial charge on any atom is 0.442 e. The number of amides is 2. The quantitative estimate of drug-likeness (QED) is 0.200. The number of alkyl halides is 6. The zero-order chi connectivity index (χ0) is 36.9. The third-order valence-corrected chi connectivity index (χ3v) is 11.8. The van der Waals surface area contributed by atoms with Crippen molar-refractivity contribution in [1.82, 2.24) is 9.80 Å². The van der Waals surface area contributed by atoms with Crippen LogP contribution in [-0.2, 0) is 29.8 Å². The van der Waals surface area contributed by atoms with Crippen LogP contribution in [0.15, 0.2) is 71.6 Å². The molecule has 17 heteroatoms. The Bertz CT molecular complexity index is 1820. The molecule has 0 spiro atoms. The number of halogens is 9. The van der Waals surface area contributed by atoms with E-state index in [1.165, 1.54) is 11.8 Å². The van der Waals surface area contributed by atoms with Crippen LogP contribution in [0.5, 0.6) is 5.75 Å². The van der Waals surface area contributed by atoms with Crippen molar-refractivity contribution < 1.29 is 62.3 Å². The SMILES string of the molecule is CC(=O)N1CCC(C(=O)N2CCC(c3ccc(C(Oc4c(F)cccc4F)(C(F)(F)F)C(F)(F)F)cc3)(S(=O)(=O)c3ccc(F)cc3)C2)CC1. The molecule has 270 valence electrons. The molecule has 2 saturated heterocycles. The van der Waals surface area contributed by atoms with Gasteiger partial charge >= 0.3 is 18.0 Å². The zero-order valence-corrected chi connectivity index (χ0v) is 26.9. The highest BCUT2D eigenvalue weighted by Gasteiger charge is 2.75. The normalized spacial score (nSPS) is 19.5. The number of para-hydroxylation sites is 1. The van der Waals surface area contributed by atoms with E-state index < -0.39 is 84.6 Å². The molecule has 5 rings (SSSR count). The molecule has 7 nitrogen and oxygen atoms in total. The van der Waals surface area contributed by atoms with Gasteiger partial charge in [0, 0.05) is 44.6 Å². The maximum atomic E-state index is 14.5. The highest BCUT2D eigenvalue weighted by molar-refractivity contribution is 7.92. The molecule has 2 heterocycles. The highest BCUT2D eigenvalue weighted by Crippen LogP contribution is 2.54. The predicted molar refractivity (Wildman–Crippen MR) is 159 cm³/mol. The minimum Gasteiger partial charge on any atom is -0.458 e. The van der Waals surface area contributed by atoms with Crippen molar-refractivity contribution in [3.63, 3.8) is 0 Å². The van der Waals surface area contributed by atoms with E-state index in [4.69, 9.17) is 0 Å². The molecule has 0 saturated carbocycles. The van der Waals surface area contributed by atoms with E-state index in [0.29, 0.717) is 42.5 Å². The highest BCUT2D eigenvalue weighted by atomic mass is 32.2. The van der Waals surface area contributed by atoms with E-state index in [1.54, 1.807) is 4.90 Å². The molecule has 50 heavy (non-hydrogen) atoms. The number of sulfone groups is 1. The number of rotatable bonds is 7. The summed E-state index contributed by atoms with van der Waals surface area (Å²) in [6, 6.07) is 7.11. The Kier molecular flexibility index (Phi) is 9.70. The summed E-state index contributed by atoms with van der Waals surface area (Å²) in [7, 11) is -4.64. The molecule has 0 bridgehead atoms. The summed E-state index contributed by atoms with van der Waals surface area (Å²) in [6.45, 7) is 1.20. The van der Waals surface area contributed by atoms with Gasteiger partial charge in [-0.25, -0.2) is 21.6 Å². The molecular weight excluding hydrogens is 707 g/mol. The Morgan fingerprint density at radius 1 is 0.780 bits per heavy atom. The number of piperidine rings is 1. The van der Waals surface area contributed by atoms with Gasteiger partial charge in [0.1, 0.15) is 10.6 Å². The average molecular weight is 737 g/mol. The van der Waals surface area contributed by atoms with Crippen LogP contribution in [0.4, 0.5) is 39.5 Å². The molecule has 2 fully saturated rings. The van der Waals surface area contributed by atoms with Crippen molar-refractivity contribution in [2.75, 3.05) is 26.2 Å². The van der Waals surface area contributed by atoms with Gasteiger partial charge < -0.3 is 14.5 Å². The second-order valence-corrected chi connectivity index (χ2v) is 14.4. The summed E-state index contributed by atoms with van der Waals surface area (Å²) in [5.41, 5.74) is -7.28. The number of carbonyl (C=O) groups excluding carboxylic acids is 2. The van der Waals surface area contributed by atoms with Crippen molar-refractivity contribution >= 4 is 21.7 Å². The van der Waals surface area contributed by atoms with E-state index in [9.17, 15) is 57.5 Å². The second kappa shape index (κ2) is 13.1.